The van der Waals surface area contributed by atoms with E-state index in [0.717, 1.165) is 11.0 Å². The molecule has 0 radical (unpaired) electrons. The highest BCUT2D eigenvalue weighted by molar-refractivity contribution is 6.32. The summed E-state index contributed by atoms with van der Waals surface area (Å²) in [7, 11) is 0. The number of fused-ring (bicyclic) bond motifs is 1. The van der Waals surface area contributed by atoms with Crippen molar-refractivity contribution in [1.82, 2.24) is 15.3 Å². The van der Waals surface area contributed by atoms with Crippen LogP contribution in [0.4, 0.5) is 24.7 Å². The molecule has 9 nitrogen and oxygen atoms in total. The minimum Gasteiger partial charge on any atom is -0.352 e. The minimum absolute atomic E-state index is 0.0254. The molecule has 0 bridgehead atoms. The van der Waals surface area contributed by atoms with Crippen LogP contribution in [0.15, 0.2) is 73.1 Å². The number of nitrogens with zero attached hydrogens (tertiary/aromatic N) is 4. The number of aromatic nitrogens is 2. The van der Waals surface area contributed by atoms with Crippen LogP contribution in [0.3, 0.4) is 0 Å². The lowest BCUT2D eigenvalue weighted by atomic mass is 9.74. The molecule has 2 aliphatic rings. The largest absolute Gasteiger partial charge is 0.352 e. The number of benzene rings is 2. The number of pyridine rings is 2. The van der Waals surface area contributed by atoms with Gasteiger partial charge in [0.2, 0.25) is 11.8 Å². The van der Waals surface area contributed by atoms with Crippen molar-refractivity contribution in [3.63, 3.8) is 0 Å². The fourth-order valence-corrected chi connectivity index (χ4v) is 6.40. The lowest BCUT2D eigenvalue weighted by Gasteiger charge is -2.43. The number of nitriles is 1. The van der Waals surface area contributed by atoms with Crippen LogP contribution in [0.25, 0.3) is 10.9 Å². The molecule has 6 rings (SSSR count). The van der Waals surface area contributed by atoms with Gasteiger partial charge in [0.25, 0.3) is 11.8 Å². The van der Waals surface area contributed by atoms with Gasteiger partial charge in [-0.1, -0.05) is 29.8 Å². The third-order valence-electron chi connectivity index (χ3n) is 8.19. The molecule has 4 aromatic rings. The predicted molar refractivity (Wildman–Crippen MR) is 159 cm³/mol. The van der Waals surface area contributed by atoms with Crippen molar-refractivity contribution in [2.24, 2.45) is 0 Å². The van der Waals surface area contributed by atoms with Crippen molar-refractivity contribution in [2.45, 2.75) is 49.1 Å². The molecule has 3 amide bonds. The summed E-state index contributed by atoms with van der Waals surface area (Å²) in [5.74, 6) is -7.56. The van der Waals surface area contributed by atoms with Crippen LogP contribution < -0.4 is 15.5 Å². The first kappa shape index (κ1) is 30.0. The monoisotopic (exact) mass is 632 g/mol. The maximum Gasteiger partial charge on any atom is 0.252 e. The van der Waals surface area contributed by atoms with E-state index in [2.05, 4.69) is 20.6 Å². The first-order chi connectivity index (χ1) is 21.5. The number of anilines is 2. The molecule has 0 spiro atoms. The van der Waals surface area contributed by atoms with E-state index >= 15 is 0 Å². The number of halogens is 4. The van der Waals surface area contributed by atoms with Crippen LogP contribution in [0.1, 0.15) is 42.7 Å². The summed E-state index contributed by atoms with van der Waals surface area (Å²) < 4.78 is 42.3. The quantitative estimate of drug-likeness (QED) is 0.277. The van der Waals surface area contributed by atoms with Crippen molar-refractivity contribution < 1.29 is 27.6 Å². The smallest absolute Gasteiger partial charge is 0.252 e. The van der Waals surface area contributed by atoms with Crippen molar-refractivity contribution in [3.8, 4) is 6.07 Å². The summed E-state index contributed by atoms with van der Waals surface area (Å²) in [6.07, 6.45) is 1.11. The van der Waals surface area contributed by atoms with Gasteiger partial charge in [-0.05, 0) is 48.4 Å². The Bertz CT molecular complexity index is 1890. The highest BCUT2D eigenvalue weighted by atomic mass is 35.5. The molecule has 2 fully saturated rings. The van der Waals surface area contributed by atoms with Crippen LogP contribution in [-0.4, -0.2) is 45.2 Å². The van der Waals surface area contributed by atoms with E-state index in [1.165, 1.54) is 42.7 Å². The molecule has 1 saturated heterocycles. The lowest BCUT2D eigenvalue weighted by Crippen LogP contribution is -2.63. The highest BCUT2D eigenvalue weighted by Gasteiger charge is 2.61. The first-order valence-corrected chi connectivity index (χ1v) is 14.4. The van der Waals surface area contributed by atoms with Crippen LogP contribution in [0.5, 0.6) is 0 Å². The molecular formula is C32H24ClF3N6O3. The molecule has 3 heterocycles. The second-order valence-corrected chi connectivity index (χ2v) is 11.5. The average Bonchev–Trinajstić information content (AvgIpc) is 3.34. The summed E-state index contributed by atoms with van der Waals surface area (Å²) >= 11 is 6.62. The molecule has 45 heavy (non-hydrogen) atoms. The van der Waals surface area contributed by atoms with Gasteiger partial charge in [0.05, 0.1) is 28.8 Å². The minimum atomic E-state index is -2.95. The van der Waals surface area contributed by atoms with Crippen molar-refractivity contribution in [2.75, 3.05) is 10.2 Å². The van der Waals surface area contributed by atoms with Gasteiger partial charge in [0.1, 0.15) is 17.2 Å². The zero-order chi connectivity index (χ0) is 31.9. The van der Waals surface area contributed by atoms with E-state index in [1.54, 1.807) is 24.3 Å². The number of hydrogen-bond donors (Lipinski definition) is 2. The van der Waals surface area contributed by atoms with Crippen molar-refractivity contribution >= 4 is 51.7 Å². The van der Waals surface area contributed by atoms with Gasteiger partial charge in [0.15, 0.2) is 0 Å². The molecule has 2 atom stereocenters. The van der Waals surface area contributed by atoms with Gasteiger partial charge in [-0.25, -0.2) is 18.2 Å². The number of rotatable bonds is 7. The van der Waals surface area contributed by atoms with E-state index in [1.807, 2.05) is 6.07 Å². The normalized spacial score (nSPS) is 19.9. The van der Waals surface area contributed by atoms with E-state index in [-0.39, 0.29) is 46.0 Å². The third kappa shape index (κ3) is 5.44. The Morgan fingerprint density at radius 2 is 1.84 bits per heavy atom. The van der Waals surface area contributed by atoms with E-state index in [9.17, 15) is 32.8 Å². The second kappa shape index (κ2) is 11.5. The Morgan fingerprint density at radius 3 is 2.58 bits per heavy atom. The molecule has 1 unspecified atom stereocenters. The Balaban J connectivity index is 1.55. The second-order valence-electron chi connectivity index (χ2n) is 11.1. The molecule has 1 saturated carbocycles. The zero-order valence-electron chi connectivity index (χ0n) is 23.4. The van der Waals surface area contributed by atoms with Crippen molar-refractivity contribution in [3.05, 3.63) is 95.0 Å². The molecule has 2 aromatic carbocycles. The van der Waals surface area contributed by atoms with Crippen LogP contribution >= 0.6 is 11.6 Å². The summed E-state index contributed by atoms with van der Waals surface area (Å²) in [6.45, 7) is 0. The Labute approximate surface area is 260 Å². The van der Waals surface area contributed by atoms with Gasteiger partial charge in [-0.2, -0.15) is 5.26 Å². The third-order valence-corrected chi connectivity index (χ3v) is 8.54. The topological polar surface area (TPSA) is 128 Å². The van der Waals surface area contributed by atoms with Gasteiger partial charge in [0, 0.05) is 54.2 Å². The Kier molecular flexibility index (Phi) is 7.66. The van der Waals surface area contributed by atoms with Gasteiger partial charge in [-0.15, -0.1) is 0 Å². The van der Waals surface area contributed by atoms with E-state index in [0.29, 0.717) is 5.39 Å². The summed E-state index contributed by atoms with van der Waals surface area (Å²) in [4.78, 5) is 52.3. The first-order valence-electron chi connectivity index (χ1n) is 14.0. The molecule has 228 valence electrons. The number of carbonyl (C=O) groups is 3. The Morgan fingerprint density at radius 1 is 1.07 bits per heavy atom. The number of nitrogens with one attached hydrogen (secondary N) is 2. The average molecular weight is 633 g/mol. The number of carbonyl (C=O) groups excluding carboxylic acids is 3. The van der Waals surface area contributed by atoms with Crippen LogP contribution in [0.2, 0.25) is 5.02 Å². The molecule has 1 aliphatic heterocycles. The van der Waals surface area contributed by atoms with E-state index in [4.69, 9.17) is 11.6 Å². The number of hydrogen-bond acceptors (Lipinski definition) is 6. The van der Waals surface area contributed by atoms with Crippen LogP contribution in [0, 0.1) is 17.1 Å². The molecule has 13 heteroatoms. The van der Waals surface area contributed by atoms with Gasteiger partial charge < -0.3 is 10.6 Å². The van der Waals surface area contributed by atoms with Gasteiger partial charge in [-0.3, -0.25) is 24.3 Å². The molecule has 2 aromatic heterocycles. The highest BCUT2D eigenvalue weighted by Crippen LogP contribution is 2.48. The fourth-order valence-electron chi connectivity index (χ4n) is 6.16. The van der Waals surface area contributed by atoms with Crippen LogP contribution in [-0.2, 0) is 14.4 Å². The number of amides is 3. The fraction of sp³-hybridized carbons (Fsp3) is 0.250. The standard InChI is InChI=1S/C32H24ClF3N6O3/c33-23-6-2-1-4-21(23)28(29(44)40-20-15-31(35,36)16-20)32(9-7-27(43)42(32)26-12-18(17-37)8-11-39-26)30(45)41-25-14-19(34)13-24-22(25)5-3-10-38-24/h1-6,8,10-14,20,28H,7,9,15-16H2,(H,40,44)(H,41,45)/t28-,32?/m1/s1. The molecular weight excluding hydrogens is 609 g/mol. The van der Waals surface area contributed by atoms with E-state index < -0.39 is 59.8 Å². The number of alkyl halides is 2. The molecule has 1 aliphatic carbocycles. The molecule has 2 N–H and O–H groups in total. The Hall–Kier alpha value is -5.02. The maximum absolute atomic E-state index is 14.8. The lowest BCUT2D eigenvalue weighted by molar-refractivity contribution is -0.136. The van der Waals surface area contributed by atoms with Crippen molar-refractivity contribution in [1.29, 1.82) is 5.26 Å². The van der Waals surface area contributed by atoms with Gasteiger partial charge >= 0.3 is 0 Å². The summed E-state index contributed by atoms with van der Waals surface area (Å²) in [6, 6.07) is 15.5. The summed E-state index contributed by atoms with van der Waals surface area (Å²) in [5, 5.41) is 15.4. The predicted octanol–water partition coefficient (Wildman–Crippen LogP) is 5.50. The maximum atomic E-state index is 14.8. The zero-order valence-corrected chi connectivity index (χ0v) is 24.2. The summed E-state index contributed by atoms with van der Waals surface area (Å²) in [5.41, 5.74) is -1.54. The SMILES string of the molecule is N#Cc1ccnc(N2C(=O)CCC2(C(=O)Nc2cc(F)cc3ncccc23)[C@@H](C(=O)NC2CC(F)(F)C2)c2ccccc2Cl)c1.